The highest BCUT2D eigenvalue weighted by molar-refractivity contribution is 5.97. The normalized spacial score (nSPS) is 13.4. The van der Waals surface area contributed by atoms with Gasteiger partial charge in [-0.25, -0.2) is 19.0 Å². The van der Waals surface area contributed by atoms with Crippen molar-refractivity contribution in [3.8, 4) is 5.88 Å². The summed E-state index contributed by atoms with van der Waals surface area (Å²) in [4.78, 5) is 23.6. The number of aryl methyl sites for hydroxylation is 1. The maximum atomic E-state index is 13.9. The fourth-order valence-corrected chi connectivity index (χ4v) is 4.95. The van der Waals surface area contributed by atoms with Crippen molar-refractivity contribution in [3.05, 3.63) is 106 Å². The van der Waals surface area contributed by atoms with Gasteiger partial charge in [-0.3, -0.25) is 9.47 Å². The summed E-state index contributed by atoms with van der Waals surface area (Å²) in [6.45, 7) is 14.1. The molecule has 1 N–H and O–H groups in total. The van der Waals surface area contributed by atoms with Crippen LogP contribution in [0.15, 0.2) is 60.8 Å². The SMILES string of the molecule is [C-]#[N+]c1ccc2c(c1)c1c(n2C(=O)NCc2ccnc(OCC)c2)CCN(C/C=C/c2ccc(C)c(F)c2)C1. The van der Waals surface area contributed by atoms with Gasteiger partial charge < -0.3 is 10.1 Å². The molecule has 0 unspecified atom stereocenters. The van der Waals surface area contributed by atoms with Crippen molar-refractivity contribution in [2.75, 3.05) is 19.7 Å². The number of nitrogens with one attached hydrogen (secondary N) is 1. The second-order valence-corrected chi connectivity index (χ2v) is 9.56. The van der Waals surface area contributed by atoms with Crippen LogP contribution in [0.5, 0.6) is 5.88 Å². The zero-order valence-corrected chi connectivity index (χ0v) is 22.1. The first-order chi connectivity index (χ1) is 19.0. The fraction of sp³-hybridized carbons (Fsp3) is 0.258. The van der Waals surface area contributed by atoms with Crippen LogP contribution in [0.4, 0.5) is 14.9 Å². The van der Waals surface area contributed by atoms with Gasteiger partial charge in [-0.15, -0.1) is 0 Å². The van der Waals surface area contributed by atoms with Gasteiger partial charge in [0.15, 0.2) is 5.69 Å². The Morgan fingerprint density at radius 3 is 2.90 bits per heavy atom. The van der Waals surface area contributed by atoms with Crippen molar-refractivity contribution < 1.29 is 13.9 Å². The number of hydrogen-bond acceptors (Lipinski definition) is 4. The molecule has 2 aromatic heterocycles. The average Bonchev–Trinajstić information content (AvgIpc) is 3.27. The van der Waals surface area contributed by atoms with E-state index < -0.39 is 0 Å². The monoisotopic (exact) mass is 523 g/mol. The van der Waals surface area contributed by atoms with Crippen LogP contribution < -0.4 is 10.1 Å². The molecule has 0 bridgehead atoms. The number of carbonyl (C=O) groups is 1. The molecular formula is C31H30FN5O2. The molecule has 0 aliphatic carbocycles. The summed E-state index contributed by atoms with van der Waals surface area (Å²) in [5.41, 5.74) is 5.72. The smallest absolute Gasteiger partial charge is 0.326 e. The van der Waals surface area contributed by atoms with Crippen LogP contribution in [0.25, 0.3) is 21.8 Å². The number of amides is 1. The van der Waals surface area contributed by atoms with Gasteiger partial charge >= 0.3 is 6.03 Å². The third-order valence-electron chi connectivity index (χ3n) is 6.95. The second-order valence-electron chi connectivity index (χ2n) is 9.56. The van der Waals surface area contributed by atoms with Gasteiger partial charge in [-0.05, 0) is 65.8 Å². The Morgan fingerprint density at radius 2 is 2.10 bits per heavy atom. The number of pyridine rings is 1. The summed E-state index contributed by atoms with van der Waals surface area (Å²) >= 11 is 0. The minimum absolute atomic E-state index is 0.207. The predicted octanol–water partition coefficient (Wildman–Crippen LogP) is 6.26. The van der Waals surface area contributed by atoms with Crippen molar-refractivity contribution in [2.24, 2.45) is 0 Å². The maximum Gasteiger partial charge on any atom is 0.326 e. The summed E-state index contributed by atoms with van der Waals surface area (Å²) in [6.07, 6.45) is 6.34. The van der Waals surface area contributed by atoms with Gasteiger partial charge in [-0.2, -0.15) is 0 Å². The van der Waals surface area contributed by atoms with Crippen molar-refractivity contribution in [3.63, 3.8) is 0 Å². The molecule has 0 atom stereocenters. The van der Waals surface area contributed by atoms with E-state index in [0.717, 1.165) is 39.8 Å². The molecule has 0 saturated heterocycles. The average molecular weight is 524 g/mol. The molecule has 1 aliphatic heterocycles. The number of rotatable bonds is 7. The topological polar surface area (TPSA) is 63.8 Å². The van der Waals surface area contributed by atoms with Crippen LogP contribution in [0.3, 0.4) is 0 Å². The van der Waals surface area contributed by atoms with Gasteiger partial charge in [0.1, 0.15) is 5.82 Å². The number of ether oxygens (including phenoxy) is 1. The van der Waals surface area contributed by atoms with Crippen molar-refractivity contribution in [1.29, 1.82) is 0 Å². The molecule has 0 spiro atoms. The number of halogens is 1. The van der Waals surface area contributed by atoms with E-state index in [1.807, 2.05) is 49.4 Å². The van der Waals surface area contributed by atoms with Gasteiger partial charge in [0.2, 0.25) is 5.88 Å². The molecule has 4 aromatic rings. The van der Waals surface area contributed by atoms with Crippen LogP contribution in [-0.4, -0.2) is 40.2 Å². The molecule has 7 nitrogen and oxygen atoms in total. The summed E-state index contributed by atoms with van der Waals surface area (Å²) in [6, 6.07) is 14.2. The number of aromatic nitrogens is 2. The predicted molar refractivity (Wildman–Crippen MR) is 150 cm³/mol. The Balaban J connectivity index is 1.37. The molecule has 0 saturated carbocycles. The zero-order valence-electron chi connectivity index (χ0n) is 22.1. The Labute approximate surface area is 227 Å². The number of carbonyl (C=O) groups excluding carboxylic acids is 1. The van der Waals surface area contributed by atoms with Gasteiger partial charge in [0.25, 0.3) is 0 Å². The van der Waals surface area contributed by atoms with E-state index in [-0.39, 0.29) is 11.8 Å². The van der Waals surface area contributed by atoms with Gasteiger partial charge in [0, 0.05) is 50.6 Å². The van der Waals surface area contributed by atoms with E-state index in [1.165, 1.54) is 0 Å². The molecule has 8 heteroatoms. The quantitative estimate of drug-likeness (QED) is 0.290. The number of nitrogens with zero attached hydrogens (tertiary/aromatic N) is 4. The van der Waals surface area contributed by atoms with Crippen molar-refractivity contribution >= 4 is 28.7 Å². The lowest BCUT2D eigenvalue weighted by Gasteiger charge is -2.27. The summed E-state index contributed by atoms with van der Waals surface area (Å²) in [5.74, 6) is 0.321. The highest BCUT2D eigenvalue weighted by atomic mass is 19.1. The zero-order chi connectivity index (χ0) is 27.4. The number of fused-ring (bicyclic) bond motifs is 3. The third kappa shape index (κ3) is 5.69. The highest BCUT2D eigenvalue weighted by Gasteiger charge is 2.26. The standard InChI is InChI=1S/C31H30FN5O2/c1-4-39-30-17-23(11-13-34-30)19-35-31(38)37-28-10-9-24(33-3)18-25(28)26-20-36(15-12-29(26)37)14-5-6-22-8-7-21(2)27(32)16-22/h5-11,13,16-18H,4,12,14-15,19-20H2,1-2H3,(H,35,38)/b6-5+. The van der Waals surface area contributed by atoms with Crippen LogP contribution in [0.2, 0.25) is 0 Å². The van der Waals surface area contributed by atoms with Crippen LogP contribution >= 0.6 is 0 Å². The lowest BCUT2D eigenvalue weighted by molar-refractivity contribution is 0.240. The van der Waals surface area contributed by atoms with Gasteiger partial charge in [-0.1, -0.05) is 30.4 Å². The van der Waals surface area contributed by atoms with Crippen LogP contribution in [-0.2, 0) is 19.5 Å². The Bertz CT molecular complexity index is 1600. The van der Waals surface area contributed by atoms with E-state index in [9.17, 15) is 9.18 Å². The Morgan fingerprint density at radius 1 is 1.23 bits per heavy atom. The van der Waals surface area contributed by atoms with E-state index >= 15 is 0 Å². The molecule has 2 aromatic carbocycles. The number of benzene rings is 2. The largest absolute Gasteiger partial charge is 0.478 e. The van der Waals surface area contributed by atoms with Crippen LogP contribution in [0.1, 0.15) is 34.9 Å². The Hall–Kier alpha value is -4.48. The summed E-state index contributed by atoms with van der Waals surface area (Å²) < 4.78 is 21.1. The Kier molecular flexibility index (Phi) is 7.71. The molecule has 39 heavy (non-hydrogen) atoms. The van der Waals surface area contributed by atoms with E-state index in [1.54, 1.807) is 35.9 Å². The van der Waals surface area contributed by atoms with E-state index in [0.29, 0.717) is 49.8 Å². The lowest BCUT2D eigenvalue weighted by Crippen LogP contribution is -2.34. The van der Waals surface area contributed by atoms with E-state index in [2.05, 4.69) is 20.0 Å². The maximum absolute atomic E-state index is 13.9. The third-order valence-corrected chi connectivity index (χ3v) is 6.95. The van der Waals surface area contributed by atoms with E-state index in [4.69, 9.17) is 11.3 Å². The first-order valence-corrected chi connectivity index (χ1v) is 13.0. The molecule has 198 valence electrons. The van der Waals surface area contributed by atoms with Crippen molar-refractivity contribution in [1.82, 2.24) is 19.8 Å². The summed E-state index contributed by atoms with van der Waals surface area (Å²) in [5, 5.41) is 3.96. The minimum Gasteiger partial charge on any atom is -0.478 e. The lowest BCUT2D eigenvalue weighted by atomic mass is 10.0. The molecule has 1 aliphatic rings. The fourth-order valence-electron chi connectivity index (χ4n) is 4.95. The first-order valence-electron chi connectivity index (χ1n) is 13.0. The van der Waals surface area contributed by atoms with Gasteiger partial charge in [0.05, 0.1) is 18.7 Å². The molecule has 3 heterocycles. The molecule has 1 amide bonds. The summed E-state index contributed by atoms with van der Waals surface area (Å²) in [7, 11) is 0. The van der Waals surface area contributed by atoms with Crippen LogP contribution in [0, 0.1) is 19.3 Å². The minimum atomic E-state index is -0.208. The second kappa shape index (κ2) is 11.5. The molecule has 0 fully saturated rings. The molecule has 5 rings (SSSR count). The molecular weight excluding hydrogens is 493 g/mol. The first kappa shape index (κ1) is 26.1. The van der Waals surface area contributed by atoms with Crippen molar-refractivity contribution in [2.45, 2.75) is 33.4 Å². The number of hydrogen-bond donors (Lipinski definition) is 1. The highest BCUT2D eigenvalue weighted by Crippen LogP contribution is 2.33. The molecule has 0 radical (unpaired) electrons.